The normalized spacial score (nSPS) is 12.5. The third-order valence-electron chi connectivity index (χ3n) is 4.14. The molecule has 0 unspecified atom stereocenters. The van der Waals surface area contributed by atoms with Gasteiger partial charge in [0.2, 0.25) is 15.9 Å². The van der Waals surface area contributed by atoms with Crippen LogP contribution in [0, 0.1) is 24.3 Å². The Hall–Kier alpha value is -1.61. The number of aryl methyl sites for hydroxylation is 3. The lowest BCUT2D eigenvalue weighted by Gasteiger charge is -2.30. The first-order chi connectivity index (χ1) is 12.0. The van der Waals surface area contributed by atoms with E-state index < -0.39 is 16.1 Å². The van der Waals surface area contributed by atoms with Crippen LogP contribution in [-0.4, -0.2) is 26.6 Å². The van der Waals surface area contributed by atoms with E-state index in [0.29, 0.717) is 11.4 Å². The zero-order valence-corrected chi connectivity index (χ0v) is 18.5. The minimum Gasteiger partial charge on any atom is -0.324 e. The second kappa shape index (κ2) is 7.96. The number of sulfonamides is 1. The van der Waals surface area contributed by atoms with Gasteiger partial charge in [0.15, 0.2) is 0 Å². The van der Waals surface area contributed by atoms with Crippen molar-refractivity contribution in [3.8, 4) is 0 Å². The summed E-state index contributed by atoms with van der Waals surface area (Å²) < 4.78 is 27.2. The third kappa shape index (κ3) is 4.76. The van der Waals surface area contributed by atoms with E-state index in [-0.39, 0.29) is 5.91 Å². The van der Waals surface area contributed by atoms with E-state index >= 15 is 0 Å². The number of amides is 1. The van der Waals surface area contributed by atoms with Crippen LogP contribution in [0.2, 0.25) is 0 Å². The van der Waals surface area contributed by atoms with Crippen LogP contribution >= 0.6 is 22.6 Å². The molecule has 140 valence electrons. The van der Waals surface area contributed by atoms with Gasteiger partial charge >= 0.3 is 0 Å². The van der Waals surface area contributed by atoms with Gasteiger partial charge in [-0.3, -0.25) is 9.10 Å². The second-order valence-electron chi connectivity index (χ2n) is 6.47. The summed E-state index contributed by atoms with van der Waals surface area (Å²) >= 11 is 2.20. The molecule has 1 amide bonds. The predicted octanol–water partition coefficient (Wildman–Crippen LogP) is 4.01. The van der Waals surface area contributed by atoms with E-state index in [0.717, 1.165) is 26.5 Å². The fraction of sp³-hybridized carbons (Fsp3) is 0.316. The lowest BCUT2D eigenvalue weighted by atomic mass is 10.1. The van der Waals surface area contributed by atoms with Crippen molar-refractivity contribution in [2.45, 2.75) is 33.7 Å². The van der Waals surface area contributed by atoms with Gasteiger partial charge in [-0.25, -0.2) is 8.42 Å². The Labute approximate surface area is 169 Å². The number of benzene rings is 2. The van der Waals surface area contributed by atoms with Crippen molar-refractivity contribution in [3.05, 3.63) is 56.7 Å². The van der Waals surface area contributed by atoms with Crippen molar-refractivity contribution in [2.75, 3.05) is 15.9 Å². The van der Waals surface area contributed by atoms with Crippen molar-refractivity contribution < 1.29 is 13.2 Å². The molecule has 0 heterocycles. The third-order valence-corrected chi connectivity index (χ3v) is 6.04. The number of anilines is 2. The summed E-state index contributed by atoms with van der Waals surface area (Å²) in [6.07, 6.45) is 1.12. The van der Waals surface area contributed by atoms with Crippen molar-refractivity contribution in [1.29, 1.82) is 0 Å². The largest absolute Gasteiger partial charge is 0.324 e. The van der Waals surface area contributed by atoms with Gasteiger partial charge in [0.25, 0.3) is 0 Å². The van der Waals surface area contributed by atoms with Gasteiger partial charge in [-0.05, 0) is 91.2 Å². The minimum atomic E-state index is -3.64. The highest BCUT2D eigenvalue weighted by Gasteiger charge is 2.30. The standard InChI is InChI=1S/C19H23IN2O3S/c1-12-6-7-13(2)18(10-12)22(26(5,24)25)15(4)19(23)21-17-9-8-16(20)11-14(17)3/h6-11,15H,1-5H3,(H,21,23)/t15-/m0/s1. The summed E-state index contributed by atoms with van der Waals surface area (Å²) in [5.41, 5.74) is 3.85. The van der Waals surface area contributed by atoms with E-state index in [2.05, 4.69) is 27.9 Å². The summed E-state index contributed by atoms with van der Waals surface area (Å²) in [6, 6.07) is 10.4. The number of nitrogens with one attached hydrogen (secondary N) is 1. The highest BCUT2D eigenvalue weighted by molar-refractivity contribution is 14.1. The molecule has 2 aromatic rings. The van der Waals surface area contributed by atoms with E-state index in [4.69, 9.17) is 0 Å². The molecule has 0 saturated carbocycles. The molecule has 0 aliphatic heterocycles. The zero-order valence-electron chi connectivity index (χ0n) is 15.5. The van der Waals surface area contributed by atoms with Gasteiger partial charge in [0.1, 0.15) is 6.04 Å². The van der Waals surface area contributed by atoms with Gasteiger partial charge in [-0.1, -0.05) is 12.1 Å². The molecule has 0 saturated heterocycles. The van der Waals surface area contributed by atoms with E-state index in [9.17, 15) is 13.2 Å². The Kier molecular flexibility index (Phi) is 6.33. The number of hydrogen-bond donors (Lipinski definition) is 1. The fourth-order valence-corrected chi connectivity index (χ4v) is 4.61. The van der Waals surface area contributed by atoms with Crippen LogP contribution in [0.4, 0.5) is 11.4 Å². The van der Waals surface area contributed by atoms with Gasteiger partial charge in [-0.15, -0.1) is 0 Å². The first kappa shape index (κ1) is 20.7. The van der Waals surface area contributed by atoms with Crippen molar-refractivity contribution >= 4 is 49.9 Å². The Morgan fingerprint density at radius 1 is 1.08 bits per heavy atom. The monoisotopic (exact) mass is 486 g/mol. The summed E-state index contributed by atoms with van der Waals surface area (Å²) in [5, 5.41) is 2.85. The summed E-state index contributed by atoms with van der Waals surface area (Å²) in [5.74, 6) is -0.374. The van der Waals surface area contributed by atoms with Crippen molar-refractivity contribution in [3.63, 3.8) is 0 Å². The molecular weight excluding hydrogens is 463 g/mol. The number of rotatable bonds is 5. The number of halogens is 1. The number of hydrogen-bond acceptors (Lipinski definition) is 3. The average Bonchev–Trinajstić information content (AvgIpc) is 2.52. The lowest BCUT2D eigenvalue weighted by molar-refractivity contribution is -0.116. The molecule has 0 aromatic heterocycles. The topological polar surface area (TPSA) is 66.5 Å². The van der Waals surface area contributed by atoms with Crippen molar-refractivity contribution in [2.24, 2.45) is 0 Å². The van der Waals surface area contributed by atoms with Crippen LogP contribution in [0.15, 0.2) is 36.4 Å². The SMILES string of the molecule is Cc1ccc(C)c(N([C@@H](C)C(=O)Nc2ccc(I)cc2C)S(C)(=O)=O)c1. The highest BCUT2D eigenvalue weighted by Crippen LogP contribution is 2.27. The number of carbonyl (C=O) groups is 1. The molecular formula is C19H23IN2O3S. The Morgan fingerprint density at radius 2 is 1.73 bits per heavy atom. The first-order valence-corrected chi connectivity index (χ1v) is 11.1. The summed E-state index contributed by atoms with van der Waals surface area (Å²) in [7, 11) is -3.64. The quantitative estimate of drug-likeness (QED) is 0.650. The number of carbonyl (C=O) groups excluding carboxylic acids is 1. The smallest absolute Gasteiger partial charge is 0.248 e. The first-order valence-electron chi connectivity index (χ1n) is 8.14. The molecule has 0 fully saturated rings. The maximum absolute atomic E-state index is 12.8. The maximum atomic E-state index is 12.8. The molecule has 5 nitrogen and oxygen atoms in total. The molecule has 2 aromatic carbocycles. The van der Waals surface area contributed by atoms with Crippen LogP contribution in [-0.2, 0) is 14.8 Å². The average molecular weight is 486 g/mol. The molecule has 7 heteroatoms. The van der Waals surface area contributed by atoms with Crippen molar-refractivity contribution in [1.82, 2.24) is 0 Å². The van der Waals surface area contributed by atoms with Gasteiger partial charge in [0, 0.05) is 9.26 Å². The Balaban J connectivity index is 2.39. The molecule has 26 heavy (non-hydrogen) atoms. The minimum absolute atomic E-state index is 0.374. The van der Waals surface area contributed by atoms with Crippen LogP contribution in [0.3, 0.4) is 0 Å². The molecule has 0 spiro atoms. The van der Waals surface area contributed by atoms with E-state index in [1.807, 2.05) is 51.1 Å². The van der Waals surface area contributed by atoms with Gasteiger partial charge in [0.05, 0.1) is 11.9 Å². The Morgan fingerprint density at radius 3 is 2.31 bits per heavy atom. The fourth-order valence-electron chi connectivity index (χ4n) is 2.74. The highest BCUT2D eigenvalue weighted by atomic mass is 127. The van der Waals surface area contributed by atoms with Gasteiger partial charge < -0.3 is 5.32 Å². The molecule has 0 radical (unpaired) electrons. The van der Waals surface area contributed by atoms with Crippen LogP contribution in [0.25, 0.3) is 0 Å². The molecule has 1 N–H and O–H groups in total. The second-order valence-corrected chi connectivity index (χ2v) is 9.58. The molecule has 0 aliphatic rings. The molecule has 0 bridgehead atoms. The van der Waals surface area contributed by atoms with E-state index in [1.165, 1.54) is 4.31 Å². The molecule has 2 rings (SSSR count). The Bertz CT molecular complexity index is 942. The summed E-state index contributed by atoms with van der Waals surface area (Å²) in [4.78, 5) is 12.8. The lowest BCUT2D eigenvalue weighted by Crippen LogP contribution is -2.45. The molecule has 1 atom stereocenters. The predicted molar refractivity (Wildman–Crippen MR) is 115 cm³/mol. The zero-order chi connectivity index (χ0) is 19.6. The van der Waals surface area contributed by atoms with Crippen LogP contribution in [0.1, 0.15) is 23.6 Å². The summed E-state index contributed by atoms with van der Waals surface area (Å²) in [6.45, 7) is 7.23. The van der Waals surface area contributed by atoms with Crippen LogP contribution < -0.4 is 9.62 Å². The van der Waals surface area contributed by atoms with E-state index in [1.54, 1.807) is 13.0 Å². The molecule has 0 aliphatic carbocycles. The van der Waals surface area contributed by atoms with Crippen LogP contribution in [0.5, 0.6) is 0 Å². The number of nitrogens with zero attached hydrogens (tertiary/aromatic N) is 1. The maximum Gasteiger partial charge on any atom is 0.248 e. The van der Waals surface area contributed by atoms with Gasteiger partial charge in [-0.2, -0.15) is 0 Å².